The van der Waals surface area contributed by atoms with Gasteiger partial charge in [0.2, 0.25) is 0 Å². The number of nitrogens with zero attached hydrogens (tertiary/aromatic N) is 3. The third-order valence-corrected chi connectivity index (χ3v) is 4.61. The maximum atomic E-state index is 4.54. The Balaban J connectivity index is 2.12. The third kappa shape index (κ3) is 1.80. The molecule has 0 aromatic carbocycles. The topological polar surface area (TPSA) is 29.0 Å². The fraction of sp³-hybridized carbons (Fsp3) is 0.538. The Hall–Kier alpha value is -1.16. The van der Waals surface area contributed by atoms with E-state index in [1.165, 1.54) is 30.2 Å². The largest absolute Gasteiger partial charge is 0.353 e. The molecule has 3 nitrogen and oxygen atoms in total. The van der Waals surface area contributed by atoms with E-state index in [9.17, 15) is 0 Å². The molecule has 3 heterocycles. The molecule has 0 amide bonds. The van der Waals surface area contributed by atoms with Crippen LogP contribution in [0.5, 0.6) is 0 Å². The van der Waals surface area contributed by atoms with Crippen LogP contribution in [0.3, 0.4) is 0 Å². The molecule has 90 valence electrons. The zero-order valence-electron chi connectivity index (χ0n) is 10.3. The monoisotopic (exact) mass is 247 g/mol. The molecule has 1 saturated heterocycles. The van der Waals surface area contributed by atoms with E-state index in [-0.39, 0.29) is 0 Å². The molecule has 0 radical (unpaired) electrons. The number of aryl methyl sites for hydroxylation is 1. The molecule has 2 aromatic heterocycles. The Labute approximate surface area is 106 Å². The first-order valence-electron chi connectivity index (χ1n) is 6.23. The molecule has 0 bridgehead atoms. The second-order valence-corrected chi connectivity index (χ2v) is 5.69. The van der Waals surface area contributed by atoms with Gasteiger partial charge in [-0.1, -0.05) is 0 Å². The fourth-order valence-electron chi connectivity index (χ4n) is 2.63. The predicted octanol–water partition coefficient (Wildman–Crippen LogP) is 3.38. The first kappa shape index (κ1) is 11.0. The van der Waals surface area contributed by atoms with Crippen molar-refractivity contribution in [2.75, 3.05) is 11.4 Å². The van der Waals surface area contributed by atoms with Crippen molar-refractivity contribution in [2.45, 2.75) is 39.2 Å². The van der Waals surface area contributed by atoms with Crippen LogP contribution in [-0.2, 0) is 0 Å². The van der Waals surface area contributed by atoms with Gasteiger partial charge in [-0.3, -0.25) is 0 Å². The summed E-state index contributed by atoms with van der Waals surface area (Å²) in [6.45, 7) is 5.58. The summed E-state index contributed by atoms with van der Waals surface area (Å²) >= 11 is 1.72. The van der Waals surface area contributed by atoms with Crippen LogP contribution in [0, 0.1) is 6.92 Å². The molecule has 1 aliphatic heterocycles. The SMILES string of the molecule is Cc1csc2ncnc(N3CCCCC3C)c12. The third-order valence-electron chi connectivity index (χ3n) is 3.61. The second-order valence-electron chi connectivity index (χ2n) is 4.83. The van der Waals surface area contributed by atoms with Crippen LogP contribution in [0.4, 0.5) is 5.82 Å². The van der Waals surface area contributed by atoms with Crippen LogP contribution in [0.25, 0.3) is 10.2 Å². The molecule has 2 aromatic rings. The molecule has 17 heavy (non-hydrogen) atoms. The minimum Gasteiger partial charge on any atom is -0.353 e. The summed E-state index contributed by atoms with van der Waals surface area (Å²) in [7, 11) is 0. The molecule has 1 fully saturated rings. The Kier molecular flexibility index (Phi) is 2.74. The van der Waals surface area contributed by atoms with Crippen molar-refractivity contribution >= 4 is 27.4 Å². The molecule has 1 aliphatic rings. The smallest absolute Gasteiger partial charge is 0.141 e. The Morgan fingerprint density at radius 3 is 3.06 bits per heavy atom. The van der Waals surface area contributed by atoms with Crippen molar-refractivity contribution in [1.82, 2.24) is 9.97 Å². The number of aromatic nitrogens is 2. The van der Waals surface area contributed by atoms with E-state index in [1.54, 1.807) is 17.7 Å². The fourth-order valence-corrected chi connectivity index (χ4v) is 3.51. The van der Waals surface area contributed by atoms with Crippen LogP contribution in [-0.4, -0.2) is 22.6 Å². The zero-order chi connectivity index (χ0) is 11.8. The van der Waals surface area contributed by atoms with Gasteiger partial charge in [0.25, 0.3) is 0 Å². The quantitative estimate of drug-likeness (QED) is 0.773. The first-order valence-corrected chi connectivity index (χ1v) is 7.11. The van der Waals surface area contributed by atoms with E-state index in [0.29, 0.717) is 6.04 Å². The van der Waals surface area contributed by atoms with Gasteiger partial charge in [0, 0.05) is 12.6 Å². The Bertz CT molecular complexity index is 534. The molecule has 3 rings (SSSR count). The van der Waals surface area contributed by atoms with E-state index in [4.69, 9.17) is 0 Å². The van der Waals surface area contributed by atoms with E-state index >= 15 is 0 Å². The van der Waals surface area contributed by atoms with E-state index in [1.807, 2.05) is 0 Å². The minimum atomic E-state index is 0.598. The molecular weight excluding hydrogens is 230 g/mol. The lowest BCUT2D eigenvalue weighted by atomic mass is 10.0. The summed E-state index contributed by atoms with van der Waals surface area (Å²) in [5.74, 6) is 1.14. The summed E-state index contributed by atoms with van der Waals surface area (Å²) in [4.78, 5) is 12.5. The Morgan fingerprint density at radius 1 is 1.35 bits per heavy atom. The molecule has 0 spiro atoms. The van der Waals surface area contributed by atoms with Gasteiger partial charge in [0.15, 0.2) is 0 Å². The lowest BCUT2D eigenvalue weighted by molar-refractivity contribution is 0.482. The molecule has 1 unspecified atom stereocenters. The van der Waals surface area contributed by atoms with E-state index in [2.05, 4.69) is 34.1 Å². The zero-order valence-corrected chi connectivity index (χ0v) is 11.1. The average molecular weight is 247 g/mol. The molecule has 4 heteroatoms. The van der Waals surface area contributed by atoms with Crippen molar-refractivity contribution in [3.63, 3.8) is 0 Å². The summed E-state index contributed by atoms with van der Waals surface area (Å²) < 4.78 is 0. The number of anilines is 1. The summed E-state index contributed by atoms with van der Waals surface area (Å²) in [5.41, 5.74) is 1.30. The lowest BCUT2D eigenvalue weighted by Gasteiger charge is -2.34. The van der Waals surface area contributed by atoms with Crippen LogP contribution in [0.15, 0.2) is 11.7 Å². The second kappa shape index (κ2) is 4.26. The standard InChI is InChI=1S/C13H17N3S/c1-9-7-17-13-11(9)12(14-8-15-13)16-6-4-3-5-10(16)2/h7-8,10H,3-6H2,1-2H3. The molecule has 0 saturated carbocycles. The molecule has 0 N–H and O–H groups in total. The number of hydrogen-bond donors (Lipinski definition) is 0. The number of rotatable bonds is 1. The van der Waals surface area contributed by atoms with E-state index in [0.717, 1.165) is 17.2 Å². The number of piperidine rings is 1. The highest BCUT2D eigenvalue weighted by Crippen LogP contribution is 2.33. The van der Waals surface area contributed by atoms with Gasteiger partial charge in [-0.15, -0.1) is 11.3 Å². The van der Waals surface area contributed by atoms with Gasteiger partial charge in [0.1, 0.15) is 17.0 Å². The van der Waals surface area contributed by atoms with Crippen LogP contribution in [0.2, 0.25) is 0 Å². The maximum Gasteiger partial charge on any atom is 0.141 e. The number of thiophene rings is 1. The van der Waals surface area contributed by atoms with Gasteiger partial charge in [-0.05, 0) is 44.1 Å². The molecule has 1 atom stereocenters. The van der Waals surface area contributed by atoms with Gasteiger partial charge in [-0.25, -0.2) is 9.97 Å². The number of hydrogen-bond acceptors (Lipinski definition) is 4. The van der Waals surface area contributed by atoms with Gasteiger partial charge < -0.3 is 4.90 Å². The highest BCUT2D eigenvalue weighted by atomic mass is 32.1. The van der Waals surface area contributed by atoms with Crippen molar-refractivity contribution in [3.05, 3.63) is 17.3 Å². The van der Waals surface area contributed by atoms with Crippen LogP contribution in [0.1, 0.15) is 31.7 Å². The van der Waals surface area contributed by atoms with Crippen molar-refractivity contribution in [1.29, 1.82) is 0 Å². The van der Waals surface area contributed by atoms with Gasteiger partial charge in [0.05, 0.1) is 5.39 Å². The predicted molar refractivity (Wildman–Crippen MR) is 72.8 cm³/mol. The summed E-state index contributed by atoms with van der Waals surface area (Å²) in [5, 5.41) is 3.43. The van der Waals surface area contributed by atoms with Crippen molar-refractivity contribution < 1.29 is 0 Å². The van der Waals surface area contributed by atoms with Crippen molar-refractivity contribution in [3.8, 4) is 0 Å². The Morgan fingerprint density at radius 2 is 2.24 bits per heavy atom. The highest BCUT2D eigenvalue weighted by Gasteiger charge is 2.22. The summed E-state index contributed by atoms with van der Waals surface area (Å²) in [6, 6.07) is 0.598. The molecule has 0 aliphatic carbocycles. The van der Waals surface area contributed by atoms with Gasteiger partial charge >= 0.3 is 0 Å². The van der Waals surface area contributed by atoms with Crippen LogP contribution >= 0.6 is 11.3 Å². The normalized spacial score (nSPS) is 21.1. The highest BCUT2D eigenvalue weighted by molar-refractivity contribution is 7.17. The minimum absolute atomic E-state index is 0.598. The van der Waals surface area contributed by atoms with Crippen molar-refractivity contribution in [2.24, 2.45) is 0 Å². The summed E-state index contributed by atoms with van der Waals surface area (Å²) in [6.07, 6.45) is 5.59. The molecular formula is C13H17N3S. The average Bonchev–Trinajstić information content (AvgIpc) is 2.72. The van der Waals surface area contributed by atoms with Crippen LogP contribution < -0.4 is 4.90 Å². The van der Waals surface area contributed by atoms with Gasteiger partial charge in [-0.2, -0.15) is 0 Å². The lowest BCUT2D eigenvalue weighted by Crippen LogP contribution is -2.38. The maximum absolute atomic E-state index is 4.54. The number of fused-ring (bicyclic) bond motifs is 1. The first-order chi connectivity index (χ1) is 8.27. The van der Waals surface area contributed by atoms with E-state index < -0.39 is 0 Å².